The lowest BCUT2D eigenvalue weighted by molar-refractivity contribution is 0.0524. The first-order valence-electron chi connectivity index (χ1n) is 19.9. The van der Waals surface area contributed by atoms with Gasteiger partial charge >= 0.3 is 6.09 Å². The van der Waals surface area contributed by atoms with Crippen LogP contribution in [0.5, 0.6) is 17.2 Å². The minimum absolute atomic E-state index is 0.0508. The summed E-state index contributed by atoms with van der Waals surface area (Å²) in [7, 11) is -5.10. The number of pyridine rings is 1. The number of aromatic nitrogens is 5. The number of ether oxygens (including phenoxy) is 4. The predicted octanol–water partition coefficient (Wildman–Crippen LogP) is 5.64. The second-order valence-corrected chi connectivity index (χ2v) is 19.2. The summed E-state index contributed by atoms with van der Waals surface area (Å²) >= 11 is 0. The van der Waals surface area contributed by atoms with Gasteiger partial charge in [-0.05, 0) is 115 Å². The molecule has 1 amide bonds. The number of hydrogen-bond donors (Lipinski definition) is 3. The molecule has 6 rings (SSSR count). The number of amides is 1. The van der Waals surface area contributed by atoms with Crippen molar-refractivity contribution in [2.75, 3.05) is 33.6 Å². The number of alkyl carbamates (subject to hydrolysis) is 1. The van der Waals surface area contributed by atoms with Crippen molar-refractivity contribution >= 4 is 32.0 Å². The Kier molecular flexibility index (Phi) is 14.5. The van der Waals surface area contributed by atoms with Crippen molar-refractivity contribution in [1.82, 2.24) is 39.5 Å². The first kappa shape index (κ1) is 46.9. The van der Waals surface area contributed by atoms with Crippen molar-refractivity contribution in [3.8, 4) is 39.8 Å². The molecule has 0 spiro atoms. The summed E-state index contributed by atoms with van der Waals surface area (Å²) in [4.78, 5) is 15.6. The van der Waals surface area contributed by atoms with E-state index in [2.05, 4.69) is 30.5 Å². The van der Waals surface area contributed by atoms with E-state index < -0.39 is 47.6 Å². The van der Waals surface area contributed by atoms with Crippen LogP contribution in [0.25, 0.3) is 22.5 Å². The molecule has 0 aliphatic rings. The van der Waals surface area contributed by atoms with Crippen LogP contribution in [0.2, 0.25) is 0 Å². The largest absolute Gasteiger partial charge is 0.497 e. The number of benzene rings is 4. The second-order valence-electron chi connectivity index (χ2n) is 15.7. The maximum Gasteiger partial charge on any atom is 0.407 e. The lowest BCUT2D eigenvalue weighted by atomic mass is 10.00. The van der Waals surface area contributed by atoms with Gasteiger partial charge < -0.3 is 30.0 Å². The molecule has 0 fully saturated rings. The van der Waals surface area contributed by atoms with Gasteiger partial charge in [0.05, 0.1) is 33.4 Å². The molecule has 0 saturated carbocycles. The highest BCUT2D eigenvalue weighted by Crippen LogP contribution is 2.42. The molecule has 338 valence electrons. The Bertz CT molecular complexity index is 2710. The van der Waals surface area contributed by atoms with Crippen molar-refractivity contribution in [2.45, 2.75) is 68.8 Å². The minimum atomic E-state index is -4.93. The van der Waals surface area contributed by atoms with Gasteiger partial charge in [0.15, 0.2) is 5.82 Å². The molecular formula is C44H51N9O9S2. The molecule has 6 aromatic rings. The highest BCUT2D eigenvalue weighted by Gasteiger charge is 2.38. The number of anilines is 1. The van der Waals surface area contributed by atoms with Crippen molar-refractivity contribution in [2.24, 2.45) is 0 Å². The van der Waals surface area contributed by atoms with Crippen LogP contribution < -0.4 is 30.0 Å². The Labute approximate surface area is 372 Å². The van der Waals surface area contributed by atoms with Crippen LogP contribution >= 0.6 is 0 Å². The maximum absolute atomic E-state index is 16.0. The lowest BCUT2D eigenvalue weighted by Gasteiger charge is -2.27. The normalized spacial score (nSPS) is 12.4. The molecule has 0 saturated heterocycles. The summed E-state index contributed by atoms with van der Waals surface area (Å²) in [6.07, 6.45) is 0.688. The first-order chi connectivity index (χ1) is 30.4. The van der Waals surface area contributed by atoms with E-state index in [0.29, 0.717) is 33.9 Å². The summed E-state index contributed by atoms with van der Waals surface area (Å²) in [6, 6.07) is 25.7. The molecule has 2 heterocycles. The van der Waals surface area contributed by atoms with Crippen LogP contribution in [0, 0.1) is 0 Å². The van der Waals surface area contributed by atoms with E-state index in [1.54, 1.807) is 113 Å². The highest BCUT2D eigenvalue weighted by atomic mass is 32.2. The summed E-state index contributed by atoms with van der Waals surface area (Å²) in [5.41, 5.74) is 7.58. The molecule has 18 nitrogen and oxygen atoms in total. The molecule has 0 aliphatic carbocycles. The molecule has 64 heavy (non-hydrogen) atoms. The standard InChI is InChI=1S/C44H51N9O9S2/c1-29(24-47-43(54)62-44(2,3)4)49-63(55,56)38-22-21-37(33-14-23-39(45)46-25-33)40(42-48-50-51-53(42)28-32-12-19-36(61-7)20-13-32)41(38)64(57,58)52(26-30-8-15-34(59-5)16-9-30)27-31-10-17-35(60-6)18-11-31/h8-23,25,29,49H,24,26-28H2,1-7H3,(H2,45,46)(H,47,54)/t29-/m1/s1. The van der Waals surface area contributed by atoms with Gasteiger partial charge in [0.2, 0.25) is 20.0 Å². The number of nitrogens with zero attached hydrogens (tertiary/aromatic N) is 6. The molecule has 0 radical (unpaired) electrons. The van der Waals surface area contributed by atoms with E-state index in [1.165, 1.54) is 48.5 Å². The van der Waals surface area contributed by atoms with Gasteiger partial charge in [-0.3, -0.25) is 0 Å². The van der Waals surface area contributed by atoms with E-state index in [-0.39, 0.29) is 48.9 Å². The Morgan fingerprint density at radius 1 is 0.781 bits per heavy atom. The van der Waals surface area contributed by atoms with E-state index in [4.69, 9.17) is 24.7 Å². The number of hydrogen-bond acceptors (Lipinski definition) is 14. The monoisotopic (exact) mass is 913 g/mol. The number of rotatable bonds is 18. The van der Waals surface area contributed by atoms with Gasteiger partial charge in [-0.2, -0.15) is 4.31 Å². The predicted molar refractivity (Wildman–Crippen MR) is 239 cm³/mol. The Hall–Kier alpha value is -6.61. The molecule has 1 atom stereocenters. The van der Waals surface area contributed by atoms with Crippen molar-refractivity contribution in [1.29, 1.82) is 0 Å². The average molecular weight is 914 g/mol. The summed E-state index contributed by atoms with van der Waals surface area (Å²) < 4.78 is 88.2. The summed E-state index contributed by atoms with van der Waals surface area (Å²) in [5, 5.41) is 15.2. The molecule has 4 aromatic carbocycles. The molecular weight excluding hydrogens is 863 g/mol. The van der Waals surface area contributed by atoms with Gasteiger partial charge in [-0.1, -0.05) is 42.5 Å². The molecule has 2 aromatic heterocycles. The number of sulfonamides is 2. The zero-order chi connectivity index (χ0) is 46.2. The second kappa shape index (κ2) is 19.8. The van der Waals surface area contributed by atoms with Gasteiger partial charge in [0.1, 0.15) is 38.5 Å². The third-order valence-electron chi connectivity index (χ3n) is 9.70. The molecule has 0 unspecified atom stereocenters. The Balaban J connectivity index is 1.60. The molecule has 4 N–H and O–H groups in total. The van der Waals surface area contributed by atoms with E-state index in [1.807, 2.05) is 0 Å². The lowest BCUT2D eigenvalue weighted by Crippen LogP contribution is -2.43. The Morgan fingerprint density at radius 3 is 1.83 bits per heavy atom. The SMILES string of the molecule is COc1ccc(CN(Cc2ccc(OC)cc2)S(=O)(=O)c2c(S(=O)(=O)N[C@H](C)CNC(=O)OC(C)(C)C)ccc(-c3ccc(N)nc3)c2-c2nnnn2Cc2ccc(OC)cc2)cc1. The summed E-state index contributed by atoms with van der Waals surface area (Å²) in [6.45, 7) is 6.06. The van der Waals surface area contributed by atoms with Crippen LogP contribution in [-0.4, -0.2) is 91.9 Å². The van der Waals surface area contributed by atoms with Crippen LogP contribution in [0.15, 0.2) is 113 Å². The Morgan fingerprint density at radius 2 is 1.33 bits per heavy atom. The number of nitrogens with two attached hydrogens (primary N) is 1. The molecule has 0 bridgehead atoms. The number of methoxy groups -OCH3 is 3. The van der Waals surface area contributed by atoms with Crippen LogP contribution in [0.1, 0.15) is 44.4 Å². The molecule has 20 heteroatoms. The van der Waals surface area contributed by atoms with E-state index >= 15 is 8.42 Å². The zero-order valence-corrected chi connectivity index (χ0v) is 38.1. The number of carbonyl (C=O) groups excluding carboxylic acids is 1. The zero-order valence-electron chi connectivity index (χ0n) is 36.5. The smallest absolute Gasteiger partial charge is 0.407 e. The van der Waals surface area contributed by atoms with E-state index in [9.17, 15) is 13.2 Å². The fourth-order valence-corrected chi connectivity index (χ4v) is 10.3. The van der Waals surface area contributed by atoms with Crippen LogP contribution in [-0.2, 0) is 44.4 Å². The fourth-order valence-electron chi connectivity index (χ4n) is 6.60. The number of nitrogen functional groups attached to an aromatic ring is 1. The maximum atomic E-state index is 16.0. The number of tetrazole rings is 1. The highest BCUT2D eigenvalue weighted by molar-refractivity contribution is 7.92. The first-order valence-corrected chi connectivity index (χ1v) is 22.9. The van der Waals surface area contributed by atoms with Gasteiger partial charge in [-0.15, -0.1) is 5.10 Å². The third-order valence-corrected chi connectivity index (χ3v) is 13.3. The quantitative estimate of drug-likeness (QED) is 0.0948. The third kappa shape index (κ3) is 11.5. The van der Waals surface area contributed by atoms with Crippen LogP contribution in [0.4, 0.5) is 10.6 Å². The van der Waals surface area contributed by atoms with Gasteiger partial charge in [0, 0.05) is 37.4 Å². The van der Waals surface area contributed by atoms with Gasteiger partial charge in [-0.25, -0.2) is 36.0 Å². The topological polar surface area (TPSA) is 232 Å². The fraction of sp³-hybridized carbons (Fsp3) is 0.295. The minimum Gasteiger partial charge on any atom is -0.497 e. The summed E-state index contributed by atoms with van der Waals surface area (Å²) in [5.74, 6) is 1.86. The van der Waals surface area contributed by atoms with Crippen molar-refractivity contribution in [3.05, 3.63) is 120 Å². The molecule has 0 aliphatic heterocycles. The number of nitrogens with one attached hydrogen (secondary N) is 2. The van der Waals surface area contributed by atoms with E-state index in [0.717, 1.165) is 5.56 Å². The average Bonchev–Trinajstić information content (AvgIpc) is 3.72. The number of carbonyl (C=O) groups is 1. The van der Waals surface area contributed by atoms with Gasteiger partial charge in [0.25, 0.3) is 0 Å². The van der Waals surface area contributed by atoms with Crippen LogP contribution in [0.3, 0.4) is 0 Å². The van der Waals surface area contributed by atoms with Crippen molar-refractivity contribution in [3.63, 3.8) is 0 Å². The van der Waals surface area contributed by atoms with Crippen molar-refractivity contribution < 1.29 is 40.6 Å².